The van der Waals surface area contributed by atoms with Gasteiger partial charge in [-0.25, -0.2) is 8.42 Å². The van der Waals surface area contributed by atoms with Crippen LogP contribution in [-0.4, -0.2) is 14.2 Å². The molecule has 1 aromatic carbocycles. The van der Waals surface area contributed by atoms with Crippen LogP contribution in [0.15, 0.2) is 47.4 Å². The monoisotopic (exact) mass is 196 g/mol. The third kappa shape index (κ3) is 2.70. The summed E-state index contributed by atoms with van der Waals surface area (Å²) >= 11 is 0. The maximum atomic E-state index is 11.6. The number of rotatable bonds is 3. The first kappa shape index (κ1) is 9.99. The summed E-state index contributed by atoms with van der Waals surface area (Å²) < 4.78 is 23.2. The Morgan fingerprint density at radius 1 is 1.31 bits per heavy atom. The van der Waals surface area contributed by atoms with E-state index in [4.69, 9.17) is 0 Å². The van der Waals surface area contributed by atoms with E-state index in [-0.39, 0.29) is 5.75 Å². The van der Waals surface area contributed by atoms with E-state index in [1.807, 2.05) is 0 Å². The summed E-state index contributed by atoms with van der Waals surface area (Å²) in [6.07, 6.45) is 0. The molecule has 0 aliphatic rings. The van der Waals surface area contributed by atoms with Crippen molar-refractivity contribution in [3.05, 3.63) is 42.5 Å². The average molecular weight is 196 g/mol. The van der Waals surface area contributed by atoms with Gasteiger partial charge >= 0.3 is 0 Å². The van der Waals surface area contributed by atoms with Gasteiger partial charge in [0.05, 0.1) is 10.6 Å². The fraction of sp³-hybridized carbons (Fsp3) is 0.200. The molecule has 0 bridgehead atoms. The molecule has 0 N–H and O–H groups in total. The molecule has 0 heterocycles. The summed E-state index contributed by atoms with van der Waals surface area (Å²) in [7, 11) is -3.16. The van der Waals surface area contributed by atoms with E-state index in [0.29, 0.717) is 10.5 Å². The molecule has 1 aromatic rings. The highest BCUT2D eigenvalue weighted by Gasteiger charge is 2.12. The third-order valence-corrected chi connectivity index (χ3v) is 3.40. The van der Waals surface area contributed by atoms with Crippen molar-refractivity contribution in [2.45, 2.75) is 11.8 Å². The Hall–Kier alpha value is -1.09. The Kier molecular flexibility index (Phi) is 2.88. The zero-order valence-electron chi connectivity index (χ0n) is 7.53. The highest BCUT2D eigenvalue weighted by atomic mass is 32.2. The van der Waals surface area contributed by atoms with Gasteiger partial charge in [0.25, 0.3) is 0 Å². The molecule has 3 heteroatoms. The summed E-state index contributed by atoms with van der Waals surface area (Å²) in [5, 5.41) is 0. The lowest BCUT2D eigenvalue weighted by molar-refractivity contribution is 0.598. The molecule has 0 aliphatic heterocycles. The summed E-state index contributed by atoms with van der Waals surface area (Å²) in [6, 6.07) is 8.41. The zero-order valence-corrected chi connectivity index (χ0v) is 8.34. The molecule has 0 atom stereocenters. The van der Waals surface area contributed by atoms with Gasteiger partial charge in [-0.05, 0) is 19.1 Å². The Balaban J connectivity index is 3.02. The molecule has 1 rings (SSSR count). The van der Waals surface area contributed by atoms with Gasteiger partial charge in [0.1, 0.15) is 0 Å². The van der Waals surface area contributed by atoms with Gasteiger partial charge in [-0.1, -0.05) is 30.4 Å². The van der Waals surface area contributed by atoms with Crippen LogP contribution in [0.4, 0.5) is 0 Å². The number of hydrogen-bond donors (Lipinski definition) is 0. The first-order valence-electron chi connectivity index (χ1n) is 3.94. The van der Waals surface area contributed by atoms with E-state index in [9.17, 15) is 8.42 Å². The lowest BCUT2D eigenvalue weighted by Gasteiger charge is -2.02. The van der Waals surface area contributed by atoms with E-state index in [0.717, 1.165) is 0 Å². The van der Waals surface area contributed by atoms with E-state index in [2.05, 4.69) is 6.58 Å². The molecule has 0 amide bonds. The van der Waals surface area contributed by atoms with Crippen molar-refractivity contribution in [2.24, 2.45) is 0 Å². The summed E-state index contributed by atoms with van der Waals surface area (Å²) in [5.74, 6) is 0.0248. The van der Waals surface area contributed by atoms with E-state index in [1.165, 1.54) is 0 Å². The highest BCUT2D eigenvalue weighted by Crippen LogP contribution is 2.11. The molecule has 2 nitrogen and oxygen atoms in total. The highest BCUT2D eigenvalue weighted by molar-refractivity contribution is 7.91. The topological polar surface area (TPSA) is 34.1 Å². The predicted octanol–water partition coefficient (Wildman–Crippen LogP) is 2.04. The second-order valence-electron chi connectivity index (χ2n) is 3.03. The minimum absolute atomic E-state index is 0.0248. The maximum absolute atomic E-state index is 11.6. The van der Waals surface area contributed by atoms with Crippen LogP contribution in [0.2, 0.25) is 0 Å². The first-order valence-corrected chi connectivity index (χ1v) is 5.60. The molecule has 0 saturated carbocycles. The van der Waals surface area contributed by atoms with Crippen molar-refractivity contribution in [3.8, 4) is 0 Å². The van der Waals surface area contributed by atoms with Crippen LogP contribution < -0.4 is 0 Å². The van der Waals surface area contributed by atoms with Gasteiger partial charge in [-0.2, -0.15) is 0 Å². The van der Waals surface area contributed by atoms with Crippen LogP contribution in [0.25, 0.3) is 0 Å². The van der Waals surface area contributed by atoms with Gasteiger partial charge in [0, 0.05) is 0 Å². The van der Waals surface area contributed by atoms with Gasteiger partial charge in [-0.3, -0.25) is 0 Å². The molecule has 0 spiro atoms. The van der Waals surface area contributed by atoms with Gasteiger partial charge in [0.15, 0.2) is 9.84 Å². The zero-order chi connectivity index (χ0) is 9.90. The SMILES string of the molecule is C=C(C)CS(=O)(=O)c1ccccc1. The van der Waals surface area contributed by atoms with Crippen molar-refractivity contribution in [1.29, 1.82) is 0 Å². The Morgan fingerprint density at radius 3 is 2.31 bits per heavy atom. The molecular weight excluding hydrogens is 184 g/mol. The third-order valence-electron chi connectivity index (χ3n) is 1.54. The standard InChI is InChI=1S/C10H12O2S/c1-9(2)8-13(11,12)10-6-4-3-5-7-10/h3-7H,1,8H2,2H3. The number of hydrogen-bond acceptors (Lipinski definition) is 2. The lowest BCUT2D eigenvalue weighted by atomic mass is 10.4. The Labute approximate surface area is 78.8 Å². The molecule has 0 fully saturated rings. The fourth-order valence-corrected chi connectivity index (χ4v) is 2.42. The molecule has 0 radical (unpaired) electrons. The second kappa shape index (κ2) is 3.75. The summed E-state index contributed by atoms with van der Waals surface area (Å²) in [5.41, 5.74) is 0.656. The average Bonchev–Trinajstić information content (AvgIpc) is 2.04. The van der Waals surface area contributed by atoms with Crippen molar-refractivity contribution in [2.75, 3.05) is 5.75 Å². The number of benzene rings is 1. The van der Waals surface area contributed by atoms with E-state index < -0.39 is 9.84 Å². The van der Waals surface area contributed by atoms with Gasteiger partial charge < -0.3 is 0 Å². The number of sulfone groups is 1. The van der Waals surface area contributed by atoms with Crippen LogP contribution in [-0.2, 0) is 9.84 Å². The quantitative estimate of drug-likeness (QED) is 0.693. The van der Waals surface area contributed by atoms with E-state index >= 15 is 0 Å². The Bertz CT molecular complexity index is 390. The molecular formula is C10H12O2S. The van der Waals surface area contributed by atoms with Crippen LogP contribution >= 0.6 is 0 Å². The maximum Gasteiger partial charge on any atom is 0.182 e. The molecule has 0 aromatic heterocycles. The Morgan fingerprint density at radius 2 is 1.85 bits per heavy atom. The van der Waals surface area contributed by atoms with Crippen molar-refractivity contribution in [3.63, 3.8) is 0 Å². The minimum atomic E-state index is -3.16. The van der Waals surface area contributed by atoms with Crippen molar-refractivity contribution < 1.29 is 8.42 Å². The van der Waals surface area contributed by atoms with Crippen LogP contribution in [0.1, 0.15) is 6.92 Å². The largest absolute Gasteiger partial charge is 0.223 e. The van der Waals surface area contributed by atoms with Crippen LogP contribution in [0, 0.1) is 0 Å². The van der Waals surface area contributed by atoms with E-state index in [1.54, 1.807) is 37.3 Å². The summed E-state index contributed by atoms with van der Waals surface area (Å²) in [4.78, 5) is 0.359. The molecule has 13 heavy (non-hydrogen) atoms. The minimum Gasteiger partial charge on any atom is -0.223 e. The second-order valence-corrected chi connectivity index (χ2v) is 5.02. The fourth-order valence-electron chi connectivity index (χ4n) is 1.04. The van der Waals surface area contributed by atoms with Gasteiger partial charge in [-0.15, -0.1) is 0 Å². The summed E-state index contributed by atoms with van der Waals surface area (Å²) in [6.45, 7) is 5.30. The molecule has 70 valence electrons. The molecule has 0 saturated heterocycles. The van der Waals surface area contributed by atoms with Crippen molar-refractivity contribution >= 4 is 9.84 Å². The smallest absolute Gasteiger partial charge is 0.182 e. The van der Waals surface area contributed by atoms with Crippen molar-refractivity contribution in [1.82, 2.24) is 0 Å². The van der Waals surface area contributed by atoms with Crippen LogP contribution in [0.3, 0.4) is 0 Å². The lowest BCUT2D eigenvalue weighted by Crippen LogP contribution is -2.06. The normalized spacial score (nSPS) is 11.2. The van der Waals surface area contributed by atoms with Gasteiger partial charge in [0.2, 0.25) is 0 Å². The van der Waals surface area contributed by atoms with Crippen LogP contribution in [0.5, 0.6) is 0 Å². The predicted molar refractivity (Wildman–Crippen MR) is 53.3 cm³/mol. The molecule has 0 aliphatic carbocycles. The molecule has 0 unspecified atom stereocenters. The first-order chi connectivity index (χ1) is 6.02.